The number of para-hydroxylation sites is 4. The van der Waals surface area contributed by atoms with Crippen LogP contribution in [0.1, 0.15) is 0 Å². The van der Waals surface area contributed by atoms with E-state index >= 15 is 0 Å². The van der Waals surface area contributed by atoms with Crippen LogP contribution in [0, 0.1) is 0 Å². The molecular weight excluding hydrogens is 1010 g/mol. The number of anilines is 6. The molecule has 14 aromatic carbocycles. The van der Waals surface area contributed by atoms with Crippen molar-refractivity contribution in [2.45, 2.75) is 0 Å². The molecular formula is C78H51N3S. The second-order valence-corrected chi connectivity index (χ2v) is 22.3. The van der Waals surface area contributed by atoms with Crippen molar-refractivity contribution < 1.29 is 0 Å². The van der Waals surface area contributed by atoms with E-state index in [1.165, 1.54) is 96.6 Å². The summed E-state index contributed by atoms with van der Waals surface area (Å²) in [5, 5.41) is 12.4. The second-order valence-electron chi connectivity index (χ2n) is 21.2. The number of benzene rings is 14. The Bertz CT molecular complexity index is 5080. The van der Waals surface area contributed by atoms with Crippen LogP contribution in [0.5, 0.6) is 0 Å². The molecule has 4 heteroatoms. The number of thiophene rings is 1. The fourth-order valence-electron chi connectivity index (χ4n) is 12.8. The molecule has 0 atom stereocenters. The molecule has 384 valence electrons. The average molecular weight is 1060 g/mol. The van der Waals surface area contributed by atoms with Crippen molar-refractivity contribution in [2.75, 3.05) is 9.80 Å². The Morgan fingerprint density at radius 3 is 1.51 bits per heavy atom. The maximum atomic E-state index is 2.50. The van der Waals surface area contributed by atoms with Gasteiger partial charge in [0.1, 0.15) is 0 Å². The van der Waals surface area contributed by atoms with Crippen molar-refractivity contribution in [3.63, 3.8) is 0 Å². The molecule has 0 spiro atoms. The number of fused-ring (bicyclic) bond motifs is 11. The van der Waals surface area contributed by atoms with Crippen molar-refractivity contribution >= 4 is 120 Å². The zero-order chi connectivity index (χ0) is 54.1. The first-order valence-corrected chi connectivity index (χ1v) is 28.9. The molecule has 0 aliphatic carbocycles. The van der Waals surface area contributed by atoms with Crippen LogP contribution in [-0.2, 0) is 0 Å². The summed E-state index contributed by atoms with van der Waals surface area (Å²) in [4.78, 5) is 4.88. The minimum Gasteiger partial charge on any atom is -0.310 e. The highest BCUT2D eigenvalue weighted by Gasteiger charge is 2.25. The highest BCUT2D eigenvalue weighted by Crippen LogP contribution is 2.51. The summed E-state index contributed by atoms with van der Waals surface area (Å²) in [5.41, 5.74) is 16.9. The van der Waals surface area contributed by atoms with E-state index in [2.05, 4.69) is 324 Å². The van der Waals surface area contributed by atoms with E-state index in [1.54, 1.807) is 0 Å². The third kappa shape index (κ3) is 7.95. The summed E-state index contributed by atoms with van der Waals surface area (Å²) in [6.07, 6.45) is 0. The van der Waals surface area contributed by atoms with Gasteiger partial charge in [-0.15, -0.1) is 11.3 Å². The molecule has 82 heavy (non-hydrogen) atoms. The summed E-state index contributed by atoms with van der Waals surface area (Å²) in [6, 6.07) is 114. The molecule has 0 aliphatic heterocycles. The molecule has 0 saturated carbocycles. The third-order valence-electron chi connectivity index (χ3n) is 16.5. The van der Waals surface area contributed by atoms with Crippen LogP contribution in [0.25, 0.3) is 113 Å². The van der Waals surface area contributed by atoms with E-state index in [1.807, 2.05) is 11.3 Å². The molecule has 0 aliphatic rings. The lowest BCUT2D eigenvalue weighted by Crippen LogP contribution is -2.13. The van der Waals surface area contributed by atoms with E-state index < -0.39 is 0 Å². The third-order valence-corrected chi connectivity index (χ3v) is 17.7. The molecule has 2 heterocycles. The standard InChI is InChI=1S/C78H51N3S/c1-5-22-52(23-6-1)53-40-42-59(43-41-53)79(56-26-7-2-8-27-56)61-46-55(47-62(48-61)80(57-28-9-3-10-29-57)60-44-45-68-67-35-17-19-38-74(67)81(75(68)49-60)58-30-11-4-12-31-58)70-50-72-66-34-16-15-33-65(66)71(64-37-21-25-54-24-13-14-32-63(54)64)51-73(72)77-69-36-18-20-39-76(69)82-78(70)77/h1-51H. The lowest BCUT2D eigenvalue weighted by atomic mass is 9.88. The summed E-state index contributed by atoms with van der Waals surface area (Å²) >= 11 is 1.89. The molecule has 0 N–H and O–H groups in total. The van der Waals surface area contributed by atoms with E-state index in [0.29, 0.717) is 0 Å². The Morgan fingerprint density at radius 2 is 0.780 bits per heavy atom. The summed E-state index contributed by atoms with van der Waals surface area (Å²) in [5.74, 6) is 0. The molecule has 3 nitrogen and oxygen atoms in total. The number of nitrogens with zero attached hydrogens (tertiary/aromatic N) is 3. The van der Waals surface area contributed by atoms with Crippen LogP contribution in [0.15, 0.2) is 309 Å². The monoisotopic (exact) mass is 1060 g/mol. The highest BCUT2D eigenvalue weighted by molar-refractivity contribution is 7.26. The molecule has 0 radical (unpaired) electrons. The van der Waals surface area contributed by atoms with E-state index in [-0.39, 0.29) is 0 Å². The van der Waals surface area contributed by atoms with E-state index in [0.717, 1.165) is 50.9 Å². The average Bonchev–Trinajstić information content (AvgIpc) is 3.11. The van der Waals surface area contributed by atoms with E-state index in [9.17, 15) is 0 Å². The molecule has 0 fully saturated rings. The Hall–Kier alpha value is -10.5. The van der Waals surface area contributed by atoms with Gasteiger partial charge in [-0.05, 0) is 163 Å². The largest absolute Gasteiger partial charge is 0.310 e. The van der Waals surface area contributed by atoms with Gasteiger partial charge in [0.25, 0.3) is 0 Å². The molecule has 0 amide bonds. The van der Waals surface area contributed by atoms with Crippen molar-refractivity contribution in [3.05, 3.63) is 309 Å². The van der Waals surface area contributed by atoms with Crippen LogP contribution in [0.4, 0.5) is 34.1 Å². The molecule has 16 aromatic rings. The van der Waals surface area contributed by atoms with Gasteiger partial charge in [-0.3, -0.25) is 0 Å². The van der Waals surface area contributed by atoms with Gasteiger partial charge in [0.05, 0.1) is 11.0 Å². The van der Waals surface area contributed by atoms with Gasteiger partial charge >= 0.3 is 0 Å². The summed E-state index contributed by atoms with van der Waals surface area (Å²) < 4.78 is 4.94. The topological polar surface area (TPSA) is 11.4 Å². The van der Waals surface area contributed by atoms with Crippen molar-refractivity contribution in [1.82, 2.24) is 4.57 Å². The summed E-state index contributed by atoms with van der Waals surface area (Å²) in [7, 11) is 0. The lowest BCUT2D eigenvalue weighted by Gasteiger charge is -2.30. The van der Waals surface area contributed by atoms with E-state index in [4.69, 9.17) is 0 Å². The van der Waals surface area contributed by atoms with Crippen molar-refractivity contribution in [3.8, 4) is 39.1 Å². The van der Waals surface area contributed by atoms with Crippen LogP contribution >= 0.6 is 11.3 Å². The zero-order valence-electron chi connectivity index (χ0n) is 44.7. The first-order chi connectivity index (χ1) is 40.7. The lowest BCUT2D eigenvalue weighted by molar-refractivity contribution is 1.18. The van der Waals surface area contributed by atoms with Gasteiger partial charge in [-0.2, -0.15) is 0 Å². The zero-order valence-corrected chi connectivity index (χ0v) is 45.5. The van der Waals surface area contributed by atoms with Crippen molar-refractivity contribution in [2.24, 2.45) is 0 Å². The van der Waals surface area contributed by atoms with Gasteiger partial charge in [-0.25, -0.2) is 0 Å². The first-order valence-electron chi connectivity index (χ1n) is 28.1. The van der Waals surface area contributed by atoms with Crippen molar-refractivity contribution in [1.29, 1.82) is 0 Å². The van der Waals surface area contributed by atoms with Crippen LogP contribution < -0.4 is 9.80 Å². The number of hydrogen-bond donors (Lipinski definition) is 0. The minimum atomic E-state index is 1.03. The van der Waals surface area contributed by atoms with Crippen LogP contribution in [0.2, 0.25) is 0 Å². The predicted molar refractivity (Wildman–Crippen MR) is 352 cm³/mol. The van der Waals surface area contributed by atoms with Gasteiger partial charge in [0, 0.05) is 76.3 Å². The minimum absolute atomic E-state index is 1.03. The molecule has 0 unspecified atom stereocenters. The first kappa shape index (κ1) is 47.5. The van der Waals surface area contributed by atoms with Gasteiger partial charge < -0.3 is 14.4 Å². The van der Waals surface area contributed by atoms with Gasteiger partial charge in [0.2, 0.25) is 0 Å². The molecule has 16 rings (SSSR count). The van der Waals surface area contributed by atoms with Crippen LogP contribution in [-0.4, -0.2) is 4.57 Å². The maximum Gasteiger partial charge on any atom is 0.0561 e. The quantitative estimate of drug-likeness (QED) is 0.126. The number of hydrogen-bond acceptors (Lipinski definition) is 3. The SMILES string of the molecule is c1ccc(-c2ccc(N(c3ccccc3)c3cc(-c4cc5c6ccccc6c(-c6cccc7ccccc67)cc5c5c4sc4ccccc45)cc(N(c4ccccc4)c4ccc5c6ccccc6n(-c6ccccc6)c5c4)c3)cc2)cc1. The number of aromatic nitrogens is 1. The normalized spacial score (nSPS) is 11.7. The predicted octanol–water partition coefficient (Wildman–Crippen LogP) is 22.6. The molecule has 0 saturated heterocycles. The maximum absolute atomic E-state index is 2.50. The van der Waals surface area contributed by atoms with Gasteiger partial charge in [-0.1, -0.05) is 206 Å². The number of rotatable bonds is 10. The fourth-order valence-corrected chi connectivity index (χ4v) is 14.1. The molecule has 0 bridgehead atoms. The highest BCUT2D eigenvalue weighted by atomic mass is 32.1. The Labute approximate surface area is 479 Å². The Balaban J connectivity index is 0.999. The van der Waals surface area contributed by atoms with Gasteiger partial charge in [0.15, 0.2) is 0 Å². The smallest absolute Gasteiger partial charge is 0.0561 e. The Kier molecular flexibility index (Phi) is 11.4. The fraction of sp³-hybridized carbons (Fsp3) is 0. The second kappa shape index (κ2) is 19.7. The Morgan fingerprint density at radius 1 is 0.256 bits per heavy atom. The summed E-state index contributed by atoms with van der Waals surface area (Å²) in [6.45, 7) is 0. The molecule has 2 aromatic heterocycles. The van der Waals surface area contributed by atoms with Crippen LogP contribution in [0.3, 0.4) is 0 Å².